The number of rotatable bonds is 4. The zero-order valence-corrected chi connectivity index (χ0v) is 19.9. The van der Waals surface area contributed by atoms with Crippen molar-refractivity contribution in [2.24, 2.45) is 17.3 Å². The van der Waals surface area contributed by atoms with Crippen LogP contribution in [0.5, 0.6) is 11.5 Å². The van der Waals surface area contributed by atoms with E-state index in [0.717, 1.165) is 11.1 Å². The molecule has 0 N–H and O–H groups in total. The summed E-state index contributed by atoms with van der Waals surface area (Å²) in [4.78, 5) is 44.8. The molecule has 3 aliphatic heterocycles. The Balaban J connectivity index is 1.68. The van der Waals surface area contributed by atoms with Crippen LogP contribution in [0.2, 0.25) is 0 Å². The van der Waals surface area contributed by atoms with Crippen LogP contribution >= 0.6 is 0 Å². The molecule has 0 spiro atoms. The predicted molar refractivity (Wildman–Crippen MR) is 127 cm³/mol. The van der Waals surface area contributed by atoms with Gasteiger partial charge in [-0.15, -0.1) is 0 Å². The fourth-order valence-corrected chi connectivity index (χ4v) is 5.51. The van der Waals surface area contributed by atoms with Crippen molar-refractivity contribution in [1.29, 1.82) is 0 Å². The number of hydrogen-bond acceptors (Lipinski definition) is 6. The summed E-state index contributed by atoms with van der Waals surface area (Å²) in [6.07, 6.45) is 3.82. The number of ketones is 1. The number of carbonyl (C=O) groups excluding carboxylic acids is 3. The average Bonchev–Trinajstić information content (AvgIpc) is 3.30. The van der Waals surface area contributed by atoms with Crippen LogP contribution in [0.25, 0.3) is 6.08 Å². The third-order valence-corrected chi connectivity index (χ3v) is 7.10. The van der Waals surface area contributed by atoms with Gasteiger partial charge >= 0.3 is 0 Å². The van der Waals surface area contributed by atoms with E-state index in [-0.39, 0.29) is 17.6 Å². The van der Waals surface area contributed by atoms with Crippen molar-refractivity contribution in [3.63, 3.8) is 0 Å². The highest BCUT2D eigenvalue weighted by atomic mass is 16.5. The minimum atomic E-state index is -0.795. The van der Waals surface area contributed by atoms with Crippen LogP contribution in [0, 0.1) is 17.3 Å². The molecule has 2 saturated heterocycles. The van der Waals surface area contributed by atoms with Crippen molar-refractivity contribution in [2.45, 2.75) is 32.9 Å². The summed E-state index contributed by atoms with van der Waals surface area (Å²) in [5, 5.41) is 0. The second kappa shape index (κ2) is 7.72. The van der Waals surface area contributed by atoms with Gasteiger partial charge in [0, 0.05) is 17.7 Å². The number of hydrogen-bond donors (Lipinski definition) is 0. The van der Waals surface area contributed by atoms with Crippen molar-refractivity contribution in [1.82, 2.24) is 4.90 Å². The minimum Gasteiger partial charge on any atom is -0.497 e. The minimum absolute atomic E-state index is 0.0605. The lowest BCUT2D eigenvalue weighted by atomic mass is 9.79. The van der Waals surface area contributed by atoms with Crippen molar-refractivity contribution in [2.75, 3.05) is 19.1 Å². The monoisotopic (exact) mass is 460 g/mol. The molecular weight excluding hydrogens is 432 g/mol. The van der Waals surface area contributed by atoms with Gasteiger partial charge < -0.3 is 14.4 Å². The number of anilines is 1. The number of Topliss-reactive ketones (excluding diaryl/α,β-unsaturated/α-hetero) is 1. The highest BCUT2D eigenvalue weighted by molar-refractivity contribution is 6.24. The van der Waals surface area contributed by atoms with Gasteiger partial charge in [-0.05, 0) is 29.3 Å². The molecule has 2 aromatic carbocycles. The largest absolute Gasteiger partial charge is 0.497 e. The zero-order chi connectivity index (χ0) is 24.4. The first-order valence-electron chi connectivity index (χ1n) is 11.4. The van der Waals surface area contributed by atoms with Gasteiger partial charge in [0.2, 0.25) is 11.8 Å². The number of fused-ring (bicyclic) bond motifs is 5. The summed E-state index contributed by atoms with van der Waals surface area (Å²) < 4.78 is 10.8. The fraction of sp³-hybridized carbons (Fsp3) is 0.370. The topological polar surface area (TPSA) is 76.2 Å². The molecule has 34 heavy (non-hydrogen) atoms. The first-order chi connectivity index (χ1) is 16.2. The van der Waals surface area contributed by atoms with E-state index in [1.807, 2.05) is 62.2 Å². The third kappa shape index (κ3) is 3.06. The van der Waals surface area contributed by atoms with E-state index in [0.29, 0.717) is 17.2 Å². The number of methoxy groups -OCH3 is 2. The smallest absolute Gasteiger partial charge is 0.240 e. The molecule has 5 rings (SSSR count). The Kier molecular flexibility index (Phi) is 5.04. The van der Waals surface area contributed by atoms with E-state index < -0.39 is 29.3 Å². The Hall–Kier alpha value is -3.61. The molecule has 2 amide bonds. The summed E-state index contributed by atoms with van der Waals surface area (Å²) >= 11 is 0. The standard InChI is InChI=1S/C27H28N2O5/c1-27(2,3)24(30)23-21-20(22-17-9-7-6-8-15(17)12-13-28(22)23)25(31)29(26(21)32)18-14-16(33-4)10-11-19(18)34-5/h6-14,20-23H,1-5H3/t20-,21-,22+,23-/m0/s1. The Morgan fingerprint density at radius 1 is 0.941 bits per heavy atom. The number of benzene rings is 2. The molecule has 0 bridgehead atoms. The lowest BCUT2D eigenvalue weighted by Gasteiger charge is -2.37. The molecule has 0 aliphatic carbocycles. The van der Waals surface area contributed by atoms with Gasteiger partial charge in [-0.2, -0.15) is 0 Å². The third-order valence-electron chi connectivity index (χ3n) is 7.10. The van der Waals surface area contributed by atoms with Gasteiger partial charge in [-0.25, -0.2) is 4.90 Å². The first-order valence-corrected chi connectivity index (χ1v) is 11.4. The van der Waals surface area contributed by atoms with Gasteiger partial charge in [-0.1, -0.05) is 45.0 Å². The molecular formula is C27H28N2O5. The van der Waals surface area contributed by atoms with Crippen LogP contribution in [0.4, 0.5) is 5.69 Å². The first kappa shape index (κ1) is 22.2. The molecule has 2 fully saturated rings. The van der Waals surface area contributed by atoms with Crippen molar-refractivity contribution >= 4 is 29.4 Å². The lowest BCUT2D eigenvalue weighted by Crippen LogP contribution is -2.47. The van der Waals surface area contributed by atoms with Crippen LogP contribution in [0.1, 0.15) is 37.9 Å². The van der Waals surface area contributed by atoms with E-state index >= 15 is 0 Å². The molecule has 0 saturated carbocycles. The Labute approximate surface area is 198 Å². The van der Waals surface area contributed by atoms with Crippen LogP contribution < -0.4 is 14.4 Å². The Bertz CT molecular complexity index is 1230. The molecule has 4 atom stereocenters. The Morgan fingerprint density at radius 3 is 2.32 bits per heavy atom. The summed E-state index contributed by atoms with van der Waals surface area (Å²) in [5.74, 6) is -1.36. The number of carbonyl (C=O) groups is 3. The van der Waals surface area contributed by atoms with Gasteiger partial charge in [0.15, 0.2) is 5.78 Å². The Morgan fingerprint density at radius 2 is 1.65 bits per heavy atom. The van der Waals surface area contributed by atoms with Crippen LogP contribution in [-0.2, 0) is 14.4 Å². The predicted octanol–water partition coefficient (Wildman–Crippen LogP) is 3.83. The zero-order valence-electron chi connectivity index (χ0n) is 19.9. The van der Waals surface area contributed by atoms with Crippen molar-refractivity contribution in [3.8, 4) is 11.5 Å². The summed E-state index contributed by atoms with van der Waals surface area (Å²) in [6, 6.07) is 11.7. The molecule has 0 radical (unpaired) electrons. The van der Waals surface area contributed by atoms with E-state index in [2.05, 4.69) is 0 Å². The van der Waals surface area contributed by atoms with Crippen LogP contribution in [0.15, 0.2) is 48.7 Å². The normalized spacial score (nSPS) is 25.2. The summed E-state index contributed by atoms with van der Waals surface area (Å²) in [7, 11) is 3.02. The fourth-order valence-electron chi connectivity index (χ4n) is 5.51. The van der Waals surface area contributed by atoms with Gasteiger partial charge in [0.1, 0.15) is 17.5 Å². The van der Waals surface area contributed by atoms with E-state index in [1.54, 1.807) is 18.2 Å². The maximum atomic E-state index is 14.0. The van der Waals surface area contributed by atoms with Gasteiger partial charge in [-0.3, -0.25) is 14.4 Å². The molecule has 0 aromatic heterocycles. The number of imide groups is 1. The van der Waals surface area contributed by atoms with Gasteiger partial charge in [0.05, 0.1) is 37.8 Å². The molecule has 3 heterocycles. The summed E-state index contributed by atoms with van der Waals surface area (Å²) in [5.41, 5.74) is 1.59. The highest BCUT2D eigenvalue weighted by Gasteiger charge is 2.65. The molecule has 3 aliphatic rings. The van der Waals surface area contributed by atoms with Crippen molar-refractivity contribution in [3.05, 3.63) is 59.8 Å². The van der Waals surface area contributed by atoms with E-state index in [1.165, 1.54) is 19.1 Å². The quantitative estimate of drug-likeness (QED) is 0.646. The maximum Gasteiger partial charge on any atom is 0.240 e. The van der Waals surface area contributed by atoms with E-state index in [9.17, 15) is 14.4 Å². The second-order valence-corrected chi connectivity index (χ2v) is 10.00. The summed E-state index contributed by atoms with van der Waals surface area (Å²) in [6.45, 7) is 5.55. The molecule has 2 aromatic rings. The highest BCUT2D eigenvalue weighted by Crippen LogP contribution is 2.55. The lowest BCUT2D eigenvalue weighted by molar-refractivity contribution is -0.135. The van der Waals surface area contributed by atoms with Crippen LogP contribution in [0.3, 0.4) is 0 Å². The molecule has 7 heteroatoms. The SMILES string of the molecule is COc1ccc(OC)c(N2C(=O)[C@H]3[C@H](C2=O)[C@H]2c4ccccc4C=CN2[C@@H]3C(=O)C(C)(C)C)c1. The molecule has 176 valence electrons. The van der Waals surface area contributed by atoms with Crippen molar-refractivity contribution < 1.29 is 23.9 Å². The number of ether oxygens (including phenoxy) is 2. The molecule has 7 nitrogen and oxygen atoms in total. The average molecular weight is 461 g/mol. The van der Waals surface area contributed by atoms with Gasteiger partial charge in [0.25, 0.3) is 0 Å². The van der Waals surface area contributed by atoms with Crippen LogP contribution in [-0.4, -0.2) is 42.8 Å². The number of nitrogens with zero attached hydrogens (tertiary/aromatic N) is 2. The van der Waals surface area contributed by atoms with E-state index in [4.69, 9.17) is 9.47 Å². The second-order valence-electron chi connectivity index (χ2n) is 10.00. The molecule has 0 unspecified atom stereocenters. The number of amides is 2. The maximum absolute atomic E-state index is 14.0.